The van der Waals surface area contributed by atoms with Crippen LogP contribution in [0, 0.1) is 0 Å². The number of carbonyl (C=O) groups is 1. The molecule has 0 aromatic carbocycles. The van der Waals surface area contributed by atoms with Crippen LogP contribution in [0.3, 0.4) is 0 Å². The molecule has 0 saturated heterocycles. The fraction of sp³-hybridized carbons (Fsp3) is 0.611. The molecule has 0 radical (unpaired) electrons. The molecule has 3 heteroatoms. The van der Waals surface area contributed by atoms with Gasteiger partial charge in [0.2, 0.25) is 0 Å². The molecular formula is C18H30O3. The van der Waals surface area contributed by atoms with Gasteiger partial charge in [-0.05, 0) is 59.6 Å². The maximum Gasteiger partial charge on any atom is 0.189 e. The van der Waals surface area contributed by atoms with E-state index < -0.39 is 11.2 Å². The predicted molar refractivity (Wildman–Crippen MR) is 88.2 cm³/mol. The zero-order chi connectivity index (χ0) is 17.0. The Morgan fingerprint density at radius 2 is 1.52 bits per heavy atom. The van der Waals surface area contributed by atoms with Crippen molar-refractivity contribution in [2.24, 2.45) is 0 Å². The number of hydrogen-bond donors (Lipinski definition) is 0. The molecule has 0 aliphatic rings. The highest BCUT2D eigenvalue weighted by Crippen LogP contribution is 2.26. The fourth-order valence-corrected chi connectivity index (χ4v) is 2.27. The molecule has 21 heavy (non-hydrogen) atoms. The molecule has 0 saturated carbocycles. The molecule has 0 heterocycles. The van der Waals surface area contributed by atoms with Crippen LogP contribution in [0.4, 0.5) is 0 Å². The standard InChI is InChI=1S/C18H30O3/c1-12(2)15(6)21-17(7,8)11-14(5)20-18(9,10)16(19)13(3)4/h14H,1,3,6,11H2,2,4-5,7-10H3. The molecule has 0 aliphatic heterocycles. The average molecular weight is 294 g/mol. The van der Waals surface area contributed by atoms with Gasteiger partial charge in [-0.15, -0.1) is 0 Å². The normalized spacial score (nSPS) is 13.5. The highest BCUT2D eigenvalue weighted by molar-refractivity contribution is 6.00. The van der Waals surface area contributed by atoms with Crippen LogP contribution in [0.1, 0.15) is 54.9 Å². The lowest BCUT2D eigenvalue weighted by Crippen LogP contribution is -2.41. The van der Waals surface area contributed by atoms with Crippen molar-refractivity contribution in [2.75, 3.05) is 0 Å². The molecule has 0 N–H and O–H groups in total. The van der Waals surface area contributed by atoms with Gasteiger partial charge in [-0.1, -0.05) is 19.7 Å². The Morgan fingerprint density at radius 3 is 1.90 bits per heavy atom. The van der Waals surface area contributed by atoms with Crippen LogP contribution in [0.25, 0.3) is 0 Å². The Labute approximate surface area is 129 Å². The Kier molecular flexibility index (Phi) is 6.62. The molecule has 120 valence electrons. The number of allylic oxidation sites excluding steroid dienone is 1. The van der Waals surface area contributed by atoms with Gasteiger partial charge in [-0.25, -0.2) is 0 Å². The van der Waals surface area contributed by atoms with E-state index in [0.717, 1.165) is 5.57 Å². The summed E-state index contributed by atoms with van der Waals surface area (Å²) in [5, 5.41) is 0. The van der Waals surface area contributed by atoms with Gasteiger partial charge in [0.25, 0.3) is 0 Å². The van der Waals surface area contributed by atoms with E-state index in [1.807, 2.05) is 27.7 Å². The lowest BCUT2D eigenvalue weighted by molar-refractivity contribution is -0.146. The van der Waals surface area contributed by atoms with Gasteiger partial charge in [0, 0.05) is 6.42 Å². The second-order valence-corrected chi connectivity index (χ2v) is 6.82. The zero-order valence-electron chi connectivity index (χ0n) is 14.6. The first-order valence-corrected chi connectivity index (χ1v) is 7.20. The number of hydrogen-bond acceptors (Lipinski definition) is 3. The Hall–Kier alpha value is -1.35. The number of Topliss-reactive ketones (excluding diaryl/α,β-unsaturated/α-hetero) is 1. The molecule has 0 aromatic rings. The molecule has 0 aliphatic carbocycles. The van der Waals surface area contributed by atoms with E-state index in [-0.39, 0.29) is 11.9 Å². The van der Waals surface area contributed by atoms with Crippen molar-refractivity contribution in [3.05, 3.63) is 36.6 Å². The summed E-state index contributed by atoms with van der Waals surface area (Å²) in [4.78, 5) is 12.1. The van der Waals surface area contributed by atoms with Crippen molar-refractivity contribution in [1.29, 1.82) is 0 Å². The highest BCUT2D eigenvalue weighted by Gasteiger charge is 2.33. The second-order valence-electron chi connectivity index (χ2n) is 6.82. The summed E-state index contributed by atoms with van der Waals surface area (Å²) in [5.41, 5.74) is -0.0300. The maximum atomic E-state index is 12.1. The van der Waals surface area contributed by atoms with Crippen molar-refractivity contribution in [3.8, 4) is 0 Å². The van der Waals surface area contributed by atoms with Crippen LogP contribution in [-0.4, -0.2) is 23.1 Å². The molecule has 0 aromatic heterocycles. The Morgan fingerprint density at radius 1 is 1.05 bits per heavy atom. The number of rotatable bonds is 9. The van der Waals surface area contributed by atoms with Crippen LogP contribution in [0.2, 0.25) is 0 Å². The third-order valence-corrected chi connectivity index (χ3v) is 3.08. The summed E-state index contributed by atoms with van der Waals surface area (Å²) in [5.74, 6) is 0.490. The van der Waals surface area contributed by atoms with Gasteiger partial charge in [-0.3, -0.25) is 4.79 Å². The lowest BCUT2D eigenvalue weighted by Gasteiger charge is -2.34. The molecule has 0 fully saturated rings. The molecule has 3 nitrogen and oxygen atoms in total. The molecule has 1 atom stereocenters. The topological polar surface area (TPSA) is 35.5 Å². The van der Waals surface area contributed by atoms with Crippen LogP contribution in [0.5, 0.6) is 0 Å². The van der Waals surface area contributed by atoms with Crippen molar-refractivity contribution >= 4 is 5.78 Å². The lowest BCUT2D eigenvalue weighted by atomic mass is 9.96. The maximum absolute atomic E-state index is 12.1. The molecular weight excluding hydrogens is 264 g/mol. The van der Waals surface area contributed by atoms with Gasteiger partial charge in [0.15, 0.2) is 5.78 Å². The first-order valence-electron chi connectivity index (χ1n) is 7.20. The molecule has 0 spiro atoms. The second kappa shape index (κ2) is 7.08. The summed E-state index contributed by atoms with van der Waals surface area (Å²) in [6, 6.07) is 0. The van der Waals surface area contributed by atoms with Gasteiger partial charge in [0.05, 0.1) is 6.10 Å². The fourth-order valence-electron chi connectivity index (χ4n) is 2.27. The van der Waals surface area contributed by atoms with Crippen molar-refractivity contribution in [1.82, 2.24) is 0 Å². The smallest absolute Gasteiger partial charge is 0.189 e. The summed E-state index contributed by atoms with van der Waals surface area (Å²) < 4.78 is 11.7. The van der Waals surface area contributed by atoms with Gasteiger partial charge in [-0.2, -0.15) is 0 Å². The SMILES string of the molecule is C=C(C)C(=C)OC(C)(C)CC(C)OC(C)(C)C(=O)C(=C)C. The average Bonchev–Trinajstić information content (AvgIpc) is 2.24. The van der Waals surface area contributed by atoms with E-state index in [2.05, 4.69) is 19.7 Å². The quantitative estimate of drug-likeness (QED) is 0.354. The van der Waals surface area contributed by atoms with Crippen LogP contribution in [0.15, 0.2) is 36.6 Å². The molecule has 0 bridgehead atoms. The van der Waals surface area contributed by atoms with Gasteiger partial charge >= 0.3 is 0 Å². The van der Waals surface area contributed by atoms with Gasteiger partial charge < -0.3 is 9.47 Å². The largest absolute Gasteiger partial charge is 0.488 e. The summed E-state index contributed by atoms with van der Waals surface area (Å²) in [6.07, 6.45) is 0.489. The minimum Gasteiger partial charge on any atom is -0.488 e. The van der Waals surface area contributed by atoms with E-state index >= 15 is 0 Å². The first-order chi connectivity index (χ1) is 9.28. The van der Waals surface area contributed by atoms with E-state index in [1.54, 1.807) is 20.8 Å². The minimum atomic E-state index is -0.882. The minimum absolute atomic E-state index is 0.0839. The van der Waals surface area contributed by atoms with Crippen LogP contribution in [-0.2, 0) is 14.3 Å². The third-order valence-electron chi connectivity index (χ3n) is 3.08. The summed E-state index contributed by atoms with van der Waals surface area (Å²) >= 11 is 0. The molecule has 1 unspecified atom stereocenters. The van der Waals surface area contributed by atoms with E-state index in [4.69, 9.17) is 9.47 Å². The molecule has 0 rings (SSSR count). The van der Waals surface area contributed by atoms with Crippen LogP contribution >= 0.6 is 0 Å². The summed E-state index contributed by atoms with van der Waals surface area (Å²) in [7, 11) is 0. The van der Waals surface area contributed by atoms with E-state index in [0.29, 0.717) is 17.8 Å². The summed E-state index contributed by atoms with van der Waals surface area (Å²) in [6.45, 7) is 24.3. The highest BCUT2D eigenvalue weighted by atomic mass is 16.5. The zero-order valence-corrected chi connectivity index (χ0v) is 14.6. The third kappa shape index (κ3) is 6.76. The van der Waals surface area contributed by atoms with Crippen molar-refractivity contribution < 1.29 is 14.3 Å². The predicted octanol–water partition coefficient (Wildman–Crippen LogP) is 4.59. The van der Waals surface area contributed by atoms with Crippen molar-refractivity contribution in [3.63, 3.8) is 0 Å². The van der Waals surface area contributed by atoms with Crippen LogP contribution < -0.4 is 0 Å². The Balaban J connectivity index is 4.71. The number of ether oxygens (including phenoxy) is 2. The number of carbonyl (C=O) groups excluding carboxylic acids is 1. The first kappa shape index (κ1) is 19.7. The van der Waals surface area contributed by atoms with Crippen molar-refractivity contribution in [2.45, 2.75) is 72.2 Å². The van der Waals surface area contributed by atoms with E-state index in [9.17, 15) is 4.79 Å². The van der Waals surface area contributed by atoms with E-state index in [1.165, 1.54) is 0 Å². The monoisotopic (exact) mass is 294 g/mol. The number of ketones is 1. The molecule has 0 amide bonds. The van der Waals surface area contributed by atoms with Gasteiger partial charge in [0.1, 0.15) is 17.0 Å². The Bertz CT molecular complexity index is 441.